The molecule has 1 aliphatic heterocycles. The van der Waals surface area contributed by atoms with Gasteiger partial charge in [-0.05, 0) is 49.2 Å². The van der Waals surface area contributed by atoms with Gasteiger partial charge in [-0.1, -0.05) is 25.1 Å². The van der Waals surface area contributed by atoms with E-state index in [-0.39, 0.29) is 11.8 Å². The number of anilines is 1. The first-order valence-corrected chi connectivity index (χ1v) is 8.87. The van der Waals surface area contributed by atoms with E-state index < -0.39 is 5.92 Å². The van der Waals surface area contributed by atoms with Crippen molar-refractivity contribution in [2.24, 2.45) is 4.99 Å². The van der Waals surface area contributed by atoms with E-state index in [9.17, 15) is 9.59 Å². The van der Waals surface area contributed by atoms with Gasteiger partial charge in [0.25, 0.3) is 5.91 Å². The fraction of sp³-hybridized carbons (Fsp3) is 0.286. The van der Waals surface area contributed by atoms with Gasteiger partial charge in [0.2, 0.25) is 5.91 Å². The first kappa shape index (κ1) is 17.9. The summed E-state index contributed by atoms with van der Waals surface area (Å²) in [6, 6.07) is 14.2. The van der Waals surface area contributed by atoms with Crippen LogP contribution in [-0.4, -0.2) is 31.2 Å². The maximum Gasteiger partial charge on any atom is 0.265 e. The van der Waals surface area contributed by atoms with Gasteiger partial charge in [0.15, 0.2) is 0 Å². The molecule has 5 nitrogen and oxygen atoms in total. The highest BCUT2D eigenvalue weighted by atomic mass is 16.5. The molecule has 2 aromatic carbocycles. The molecule has 2 amide bonds. The molecule has 0 bridgehead atoms. The van der Waals surface area contributed by atoms with E-state index in [0.29, 0.717) is 35.7 Å². The normalized spacial score (nSPS) is 16.8. The number of benzene rings is 2. The molecule has 1 heterocycles. The van der Waals surface area contributed by atoms with Crippen molar-refractivity contribution in [3.05, 3.63) is 59.7 Å². The largest absolute Gasteiger partial charge is 0.494 e. The summed E-state index contributed by atoms with van der Waals surface area (Å²) in [6.45, 7) is 5.15. The van der Waals surface area contributed by atoms with Crippen LogP contribution >= 0.6 is 0 Å². The fourth-order valence-corrected chi connectivity index (χ4v) is 3.01. The molecular formula is C21H22N2O3. The van der Waals surface area contributed by atoms with Crippen molar-refractivity contribution in [2.45, 2.75) is 26.2 Å². The van der Waals surface area contributed by atoms with Gasteiger partial charge in [-0.2, -0.15) is 0 Å². The average molecular weight is 350 g/mol. The maximum absolute atomic E-state index is 13.1. The second-order valence-corrected chi connectivity index (χ2v) is 6.03. The lowest BCUT2D eigenvalue weighted by Crippen LogP contribution is -2.45. The van der Waals surface area contributed by atoms with Crippen LogP contribution in [0.15, 0.2) is 53.5 Å². The lowest BCUT2D eigenvalue weighted by Gasteiger charge is -2.31. The minimum Gasteiger partial charge on any atom is -0.494 e. The standard InChI is InChI=1S/C21H22N2O3/c1-3-13-22-14-19-17-7-5-6-8-18(17)20(24)23(21(19)25)15-9-11-16(12-10-15)26-4-2/h5-12,14,19H,3-4,13H2,1-2H3. The molecule has 1 aliphatic rings. The van der Waals surface area contributed by atoms with E-state index in [1.165, 1.54) is 4.90 Å². The van der Waals surface area contributed by atoms with Gasteiger partial charge in [0, 0.05) is 18.3 Å². The summed E-state index contributed by atoms with van der Waals surface area (Å²) in [5, 5.41) is 0. The molecule has 3 rings (SSSR count). The molecular weight excluding hydrogens is 328 g/mol. The van der Waals surface area contributed by atoms with Crippen LogP contribution in [0.5, 0.6) is 5.75 Å². The Morgan fingerprint density at radius 1 is 1.08 bits per heavy atom. The number of nitrogens with zero attached hydrogens (tertiary/aromatic N) is 2. The van der Waals surface area contributed by atoms with Crippen LogP contribution in [-0.2, 0) is 4.79 Å². The zero-order valence-corrected chi connectivity index (χ0v) is 15.0. The summed E-state index contributed by atoms with van der Waals surface area (Å²) in [5.74, 6) is -0.441. The number of aliphatic imine (C=N–C) groups is 1. The number of carbonyl (C=O) groups is 2. The zero-order valence-electron chi connectivity index (χ0n) is 15.0. The van der Waals surface area contributed by atoms with E-state index in [1.807, 2.05) is 32.0 Å². The summed E-state index contributed by atoms with van der Waals surface area (Å²) in [5.41, 5.74) is 1.78. The molecule has 0 fully saturated rings. The Hall–Kier alpha value is -2.95. The highest BCUT2D eigenvalue weighted by Gasteiger charge is 2.38. The van der Waals surface area contributed by atoms with Crippen LogP contribution in [0.3, 0.4) is 0 Å². The van der Waals surface area contributed by atoms with Crippen molar-refractivity contribution in [1.29, 1.82) is 0 Å². The molecule has 0 spiro atoms. The van der Waals surface area contributed by atoms with Gasteiger partial charge < -0.3 is 4.74 Å². The van der Waals surface area contributed by atoms with Crippen molar-refractivity contribution in [2.75, 3.05) is 18.1 Å². The van der Waals surface area contributed by atoms with Crippen molar-refractivity contribution in [1.82, 2.24) is 0 Å². The number of ether oxygens (including phenoxy) is 1. The number of carbonyl (C=O) groups excluding carboxylic acids is 2. The van der Waals surface area contributed by atoms with Gasteiger partial charge in [-0.3, -0.25) is 14.6 Å². The van der Waals surface area contributed by atoms with Crippen LogP contribution in [0, 0.1) is 0 Å². The van der Waals surface area contributed by atoms with Gasteiger partial charge in [-0.15, -0.1) is 0 Å². The van der Waals surface area contributed by atoms with Crippen LogP contribution < -0.4 is 9.64 Å². The number of hydrogen-bond acceptors (Lipinski definition) is 4. The van der Waals surface area contributed by atoms with Crippen molar-refractivity contribution < 1.29 is 14.3 Å². The molecule has 26 heavy (non-hydrogen) atoms. The average Bonchev–Trinajstić information content (AvgIpc) is 2.66. The lowest BCUT2D eigenvalue weighted by molar-refractivity contribution is -0.118. The zero-order chi connectivity index (χ0) is 18.5. The van der Waals surface area contributed by atoms with Crippen LogP contribution in [0.4, 0.5) is 5.69 Å². The van der Waals surface area contributed by atoms with Gasteiger partial charge in [0.1, 0.15) is 5.75 Å². The number of hydrogen-bond donors (Lipinski definition) is 0. The summed E-state index contributed by atoms with van der Waals surface area (Å²) >= 11 is 0. The van der Waals surface area contributed by atoms with Crippen LogP contribution in [0.2, 0.25) is 0 Å². The fourth-order valence-electron chi connectivity index (χ4n) is 3.01. The molecule has 134 valence electrons. The van der Waals surface area contributed by atoms with Crippen LogP contribution in [0.1, 0.15) is 42.1 Å². The summed E-state index contributed by atoms with van der Waals surface area (Å²) in [4.78, 5) is 31.6. The molecule has 0 radical (unpaired) electrons. The predicted octanol–water partition coefficient (Wildman–Crippen LogP) is 3.84. The molecule has 1 unspecified atom stereocenters. The Bertz CT molecular complexity index is 827. The number of rotatable bonds is 6. The quantitative estimate of drug-likeness (QED) is 0.587. The molecule has 0 saturated carbocycles. The molecule has 2 aromatic rings. The first-order chi connectivity index (χ1) is 12.7. The summed E-state index contributed by atoms with van der Waals surface area (Å²) in [6.07, 6.45) is 2.57. The van der Waals surface area contributed by atoms with Gasteiger partial charge in [0.05, 0.1) is 18.2 Å². The Balaban J connectivity index is 2.01. The maximum atomic E-state index is 13.1. The SMILES string of the molecule is CCCN=CC1C(=O)N(c2ccc(OCC)cc2)C(=O)c2ccccc21. The number of imide groups is 1. The summed E-state index contributed by atoms with van der Waals surface area (Å²) < 4.78 is 5.44. The second kappa shape index (κ2) is 7.95. The Kier molecular flexibility index (Phi) is 5.46. The predicted molar refractivity (Wildman–Crippen MR) is 102 cm³/mol. The lowest BCUT2D eigenvalue weighted by atomic mass is 9.89. The second-order valence-electron chi connectivity index (χ2n) is 6.03. The highest BCUT2D eigenvalue weighted by Crippen LogP contribution is 2.32. The highest BCUT2D eigenvalue weighted by molar-refractivity contribution is 6.29. The van der Waals surface area contributed by atoms with Gasteiger partial charge in [-0.25, -0.2) is 4.90 Å². The number of fused-ring (bicyclic) bond motifs is 1. The minimum absolute atomic E-state index is 0.280. The third-order valence-corrected chi connectivity index (χ3v) is 4.23. The third-order valence-electron chi connectivity index (χ3n) is 4.23. The van der Waals surface area contributed by atoms with E-state index in [2.05, 4.69) is 4.99 Å². The number of amides is 2. The van der Waals surface area contributed by atoms with E-state index >= 15 is 0 Å². The van der Waals surface area contributed by atoms with Crippen molar-refractivity contribution >= 4 is 23.7 Å². The molecule has 0 saturated heterocycles. The van der Waals surface area contributed by atoms with Crippen molar-refractivity contribution in [3.8, 4) is 5.75 Å². The van der Waals surface area contributed by atoms with E-state index in [1.54, 1.807) is 36.5 Å². The van der Waals surface area contributed by atoms with Crippen LogP contribution in [0.25, 0.3) is 0 Å². The first-order valence-electron chi connectivity index (χ1n) is 8.87. The Labute approximate surface area is 153 Å². The van der Waals surface area contributed by atoms with Gasteiger partial charge >= 0.3 is 0 Å². The molecule has 0 N–H and O–H groups in total. The minimum atomic E-state index is -0.554. The van der Waals surface area contributed by atoms with Crippen molar-refractivity contribution in [3.63, 3.8) is 0 Å². The summed E-state index contributed by atoms with van der Waals surface area (Å²) in [7, 11) is 0. The Morgan fingerprint density at radius 3 is 2.50 bits per heavy atom. The smallest absolute Gasteiger partial charge is 0.265 e. The molecule has 1 atom stereocenters. The third kappa shape index (κ3) is 3.38. The molecule has 5 heteroatoms. The molecule has 0 aromatic heterocycles. The van der Waals surface area contributed by atoms with E-state index in [0.717, 1.165) is 6.42 Å². The monoisotopic (exact) mass is 350 g/mol. The Morgan fingerprint density at radius 2 is 1.81 bits per heavy atom. The molecule has 0 aliphatic carbocycles. The van der Waals surface area contributed by atoms with E-state index in [4.69, 9.17) is 4.74 Å². The topological polar surface area (TPSA) is 59.0 Å².